The molecule has 0 unspecified atom stereocenters. The molecule has 0 aliphatic carbocycles. The summed E-state index contributed by atoms with van der Waals surface area (Å²) in [5.41, 5.74) is 2.18. The van der Waals surface area contributed by atoms with Crippen molar-refractivity contribution in [2.24, 2.45) is 0 Å². The number of likely N-dealkylation sites (tertiary alicyclic amines) is 1. The number of nitrogens with zero attached hydrogens (tertiary/aromatic N) is 1. The average Bonchev–Trinajstić information content (AvgIpc) is 2.63. The van der Waals surface area contributed by atoms with Gasteiger partial charge < -0.3 is 19.3 Å². The summed E-state index contributed by atoms with van der Waals surface area (Å²) < 4.78 is 16.6. The third kappa shape index (κ3) is 3.71. The largest absolute Gasteiger partial charge is 0.493 e. The van der Waals surface area contributed by atoms with Crippen LogP contribution in [-0.4, -0.2) is 55.5 Å². The fraction of sp³-hybridized carbons (Fsp3) is 0.550. The maximum atomic E-state index is 11.8. The van der Waals surface area contributed by atoms with Crippen molar-refractivity contribution in [3.8, 4) is 11.5 Å². The van der Waals surface area contributed by atoms with Crippen molar-refractivity contribution in [1.29, 1.82) is 0 Å². The predicted octanol–water partition coefficient (Wildman–Crippen LogP) is 3.10. The van der Waals surface area contributed by atoms with Crippen LogP contribution in [0.3, 0.4) is 0 Å². The van der Waals surface area contributed by atoms with Gasteiger partial charge in [-0.3, -0.25) is 4.90 Å². The quantitative estimate of drug-likeness (QED) is 0.813. The second-order valence-corrected chi connectivity index (χ2v) is 7.07. The van der Waals surface area contributed by atoms with Crippen molar-refractivity contribution in [2.75, 3.05) is 33.9 Å². The lowest BCUT2D eigenvalue weighted by Gasteiger charge is -2.42. The van der Waals surface area contributed by atoms with Crippen LogP contribution in [0.2, 0.25) is 0 Å². The smallest absolute Gasteiger partial charge is 0.339 e. The number of benzene rings is 1. The molecule has 1 saturated heterocycles. The zero-order valence-electron chi connectivity index (χ0n) is 15.7. The summed E-state index contributed by atoms with van der Waals surface area (Å²) in [6.45, 7) is 5.27. The van der Waals surface area contributed by atoms with Crippen molar-refractivity contribution in [3.05, 3.63) is 34.9 Å². The highest BCUT2D eigenvalue weighted by molar-refractivity contribution is 5.93. The van der Waals surface area contributed by atoms with Crippen molar-refractivity contribution in [1.82, 2.24) is 4.90 Å². The number of methoxy groups -OCH3 is 2. The Kier molecular flexibility index (Phi) is 5.53. The molecule has 1 aromatic carbocycles. The first-order valence-electron chi connectivity index (χ1n) is 9.00. The molecule has 1 N–H and O–H groups in total. The molecule has 0 bridgehead atoms. The van der Waals surface area contributed by atoms with E-state index in [1.807, 2.05) is 6.07 Å². The van der Waals surface area contributed by atoms with Crippen LogP contribution in [0.15, 0.2) is 23.8 Å². The van der Waals surface area contributed by atoms with Gasteiger partial charge in [-0.1, -0.05) is 17.7 Å². The molecule has 6 nitrogen and oxygen atoms in total. The molecule has 2 aliphatic rings. The van der Waals surface area contributed by atoms with E-state index in [2.05, 4.69) is 17.9 Å². The number of carbonyl (C=O) groups is 1. The fourth-order valence-corrected chi connectivity index (χ4v) is 3.93. The Morgan fingerprint density at radius 3 is 2.58 bits per heavy atom. The number of ether oxygens (including phenoxy) is 3. The maximum Gasteiger partial charge on any atom is 0.339 e. The molecule has 0 radical (unpaired) electrons. The number of rotatable bonds is 5. The Morgan fingerprint density at radius 2 is 2.00 bits per heavy atom. The van der Waals surface area contributed by atoms with Gasteiger partial charge in [0, 0.05) is 19.6 Å². The molecule has 6 heteroatoms. The first-order chi connectivity index (χ1) is 12.5. The van der Waals surface area contributed by atoms with Gasteiger partial charge in [-0.05, 0) is 37.8 Å². The molecular formula is C20H27NO5. The summed E-state index contributed by atoms with van der Waals surface area (Å²) in [7, 11) is 2.97. The molecule has 0 aromatic heterocycles. The van der Waals surface area contributed by atoms with Crippen LogP contribution >= 0.6 is 0 Å². The first-order valence-corrected chi connectivity index (χ1v) is 9.00. The Hall–Kier alpha value is -2.05. The lowest BCUT2D eigenvalue weighted by atomic mass is 9.86. The topological polar surface area (TPSA) is 68.2 Å². The number of hydrogen-bond donors (Lipinski definition) is 1. The third-order valence-electron chi connectivity index (χ3n) is 5.34. The summed E-state index contributed by atoms with van der Waals surface area (Å²) in [4.78, 5) is 14.1. The number of piperidine rings is 1. The Morgan fingerprint density at radius 1 is 1.27 bits per heavy atom. The van der Waals surface area contributed by atoms with Crippen molar-refractivity contribution in [3.63, 3.8) is 0 Å². The minimum absolute atomic E-state index is 0.133. The zero-order valence-corrected chi connectivity index (χ0v) is 15.7. The van der Waals surface area contributed by atoms with Gasteiger partial charge in [-0.25, -0.2) is 4.79 Å². The van der Waals surface area contributed by atoms with E-state index in [9.17, 15) is 9.90 Å². The lowest BCUT2D eigenvalue weighted by Crippen LogP contribution is -2.46. The lowest BCUT2D eigenvalue weighted by molar-refractivity contribution is -0.0577. The third-order valence-corrected chi connectivity index (χ3v) is 5.34. The molecule has 1 spiro atoms. The molecule has 1 fully saturated rings. The summed E-state index contributed by atoms with van der Waals surface area (Å²) in [6, 6.07) is 3.58. The molecule has 3 rings (SSSR count). The molecule has 2 aliphatic heterocycles. The molecular weight excluding hydrogens is 334 g/mol. The normalized spacial score (nSPS) is 19.9. The van der Waals surface area contributed by atoms with E-state index < -0.39 is 5.97 Å². The highest BCUT2D eigenvalue weighted by atomic mass is 16.5. The monoisotopic (exact) mass is 361 g/mol. The van der Waals surface area contributed by atoms with Gasteiger partial charge in [0.1, 0.15) is 5.56 Å². The van der Waals surface area contributed by atoms with E-state index in [1.165, 1.54) is 19.8 Å². The van der Waals surface area contributed by atoms with E-state index in [4.69, 9.17) is 14.2 Å². The van der Waals surface area contributed by atoms with E-state index in [-0.39, 0.29) is 16.9 Å². The van der Waals surface area contributed by atoms with Crippen molar-refractivity contribution in [2.45, 2.75) is 38.3 Å². The summed E-state index contributed by atoms with van der Waals surface area (Å²) >= 11 is 0. The van der Waals surface area contributed by atoms with Gasteiger partial charge in [0.25, 0.3) is 0 Å². The molecule has 0 saturated carbocycles. The fourth-order valence-electron chi connectivity index (χ4n) is 3.93. The van der Waals surface area contributed by atoms with Crippen LogP contribution in [0, 0.1) is 0 Å². The van der Waals surface area contributed by atoms with Crippen LogP contribution in [-0.2, 0) is 11.3 Å². The van der Waals surface area contributed by atoms with Crippen LogP contribution in [0.25, 0.3) is 0 Å². The minimum atomic E-state index is -1.00. The SMILES string of the molecule is COc1ccc(CN2CCC3(C=C(C)CCO3)CC2)c(C(=O)O)c1OC. The Bertz CT molecular complexity index is 704. The summed E-state index contributed by atoms with van der Waals surface area (Å²) in [6.07, 6.45) is 5.16. The first kappa shape index (κ1) is 18.7. The van der Waals surface area contributed by atoms with Gasteiger partial charge in [-0.2, -0.15) is 0 Å². The number of hydrogen-bond acceptors (Lipinski definition) is 5. The summed E-state index contributed by atoms with van der Waals surface area (Å²) in [5, 5.41) is 9.67. The van der Waals surface area contributed by atoms with E-state index in [1.54, 1.807) is 6.07 Å². The number of aromatic carboxylic acids is 1. The second kappa shape index (κ2) is 7.68. The van der Waals surface area contributed by atoms with E-state index >= 15 is 0 Å². The van der Waals surface area contributed by atoms with Gasteiger partial charge in [0.05, 0.1) is 26.4 Å². The zero-order chi connectivity index (χ0) is 18.7. The van der Waals surface area contributed by atoms with Crippen molar-refractivity contribution >= 4 is 5.97 Å². The van der Waals surface area contributed by atoms with E-state index in [0.29, 0.717) is 12.3 Å². The maximum absolute atomic E-state index is 11.8. The van der Waals surface area contributed by atoms with Crippen LogP contribution in [0.5, 0.6) is 11.5 Å². The predicted molar refractivity (Wildman–Crippen MR) is 98.1 cm³/mol. The molecule has 142 valence electrons. The Balaban J connectivity index is 1.76. The summed E-state index contributed by atoms with van der Waals surface area (Å²) in [5.74, 6) is -0.291. The molecule has 2 heterocycles. The van der Waals surface area contributed by atoms with Gasteiger partial charge in [0.15, 0.2) is 11.5 Å². The highest BCUT2D eigenvalue weighted by Gasteiger charge is 2.35. The van der Waals surface area contributed by atoms with Gasteiger partial charge in [-0.15, -0.1) is 0 Å². The average molecular weight is 361 g/mol. The Labute approximate surface area is 154 Å². The van der Waals surface area contributed by atoms with Crippen molar-refractivity contribution < 1.29 is 24.1 Å². The van der Waals surface area contributed by atoms with Crippen LogP contribution < -0.4 is 9.47 Å². The van der Waals surface area contributed by atoms with Crippen LogP contribution in [0.4, 0.5) is 0 Å². The molecule has 0 amide bonds. The molecule has 1 aromatic rings. The molecule has 0 atom stereocenters. The standard InChI is InChI=1S/C20H27NO5/c1-14-6-11-26-20(12-14)7-9-21(10-8-20)13-15-4-5-16(24-2)18(25-3)17(15)19(22)23/h4-5,12H,6-11,13H2,1-3H3,(H,22,23). The number of carboxylic acids is 1. The second-order valence-electron chi connectivity index (χ2n) is 7.07. The molecule has 26 heavy (non-hydrogen) atoms. The van der Waals surface area contributed by atoms with E-state index in [0.717, 1.165) is 44.5 Å². The van der Waals surface area contributed by atoms with Crippen LogP contribution in [0.1, 0.15) is 42.1 Å². The van der Waals surface area contributed by atoms with Gasteiger partial charge >= 0.3 is 5.97 Å². The number of carboxylic acid groups (broad SMARTS) is 1. The highest BCUT2D eigenvalue weighted by Crippen LogP contribution is 2.36. The minimum Gasteiger partial charge on any atom is -0.493 e. The van der Waals surface area contributed by atoms with Gasteiger partial charge in [0.2, 0.25) is 0 Å².